The molecule has 11 nitrogen and oxygen atoms in total. The molecule has 2 aliphatic heterocycles. The minimum Gasteiger partial charge on any atom is -0.330 e. The maximum atomic E-state index is 12.6. The van der Waals surface area contributed by atoms with Crippen LogP contribution < -0.4 is 11.2 Å². The molecular formula is C14H18N4O7S. The summed E-state index contributed by atoms with van der Waals surface area (Å²) in [6.45, 7) is 0.633. The average molecular weight is 386 g/mol. The van der Waals surface area contributed by atoms with Crippen LogP contribution in [0.2, 0.25) is 0 Å². The highest BCUT2D eigenvalue weighted by atomic mass is 32.3. The predicted molar refractivity (Wildman–Crippen MR) is 86.3 cm³/mol. The molecule has 4 N–H and O–H groups in total. The first-order valence-electron chi connectivity index (χ1n) is 7.81. The first-order chi connectivity index (χ1) is 12.3. The zero-order valence-corrected chi connectivity index (χ0v) is 14.4. The van der Waals surface area contributed by atoms with E-state index in [4.69, 9.17) is 15.1 Å². The Bertz CT molecular complexity index is 815. The number of urea groups is 1. The summed E-state index contributed by atoms with van der Waals surface area (Å²) >= 11 is 0. The molecule has 0 saturated carbocycles. The van der Waals surface area contributed by atoms with Gasteiger partial charge in [-0.25, -0.2) is 10.3 Å². The van der Waals surface area contributed by atoms with Gasteiger partial charge in [-0.15, -0.1) is 4.28 Å². The summed E-state index contributed by atoms with van der Waals surface area (Å²) in [4.78, 5) is 31.3. The molecule has 2 atom stereocenters. The second-order valence-electron chi connectivity index (χ2n) is 5.77. The zero-order valence-electron chi connectivity index (χ0n) is 13.6. The number of carbonyl (C=O) groups is 2. The number of hydroxylamine groups is 3. The number of nitrogens with one attached hydrogen (secondary N) is 1. The van der Waals surface area contributed by atoms with Crippen LogP contribution >= 0.6 is 0 Å². The molecule has 2 bridgehead atoms. The van der Waals surface area contributed by atoms with Crippen molar-refractivity contribution in [1.29, 1.82) is 0 Å². The van der Waals surface area contributed by atoms with Crippen molar-refractivity contribution < 1.29 is 31.7 Å². The average Bonchev–Trinajstić information content (AvgIpc) is 2.84. The molecule has 3 amide bonds. The van der Waals surface area contributed by atoms with E-state index in [2.05, 4.69) is 9.76 Å². The van der Waals surface area contributed by atoms with Gasteiger partial charge in [-0.05, 0) is 24.1 Å². The number of nitrogens with two attached hydrogens (primary N) is 1. The highest BCUT2D eigenvalue weighted by Gasteiger charge is 2.52. The van der Waals surface area contributed by atoms with Crippen molar-refractivity contribution in [3.05, 3.63) is 35.4 Å². The van der Waals surface area contributed by atoms with E-state index in [9.17, 15) is 18.0 Å². The Balaban J connectivity index is 1.89. The van der Waals surface area contributed by atoms with Crippen LogP contribution in [0, 0.1) is 0 Å². The first kappa shape index (κ1) is 18.5. The van der Waals surface area contributed by atoms with Gasteiger partial charge in [-0.1, -0.05) is 24.3 Å². The summed E-state index contributed by atoms with van der Waals surface area (Å²) in [6.07, 6.45) is 0.544. The van der Waals surface area contributed by atoms with Crippen LogP contribution in [0.4, 0.5) is 4.79 Å². The number of rotatable bonds is 7. The summed E-state index contributed by atoms with van der Waals surface area (Å²) in [5.74, 6) is -0.588. The predicted octanol–water partition coefficient (Wildman–Crippen LogP) is -0.349. The molecule has 2 unspecified atom stereocenters. The van der Waals surface area contributed by atoms with Crippen molar-refractivity contribution in [1.82, 2.24) is 15.4 Å². The lowest BCUT2D eigenvalue weighted by Crippen LogP contribution is -2.43. The first-order valence-corrected chi connectivity index (χ1v) is 9.17. The van der Waals surface area contributed by atoms with Gasteiger partial charge in [0.2, 0.25) is 0 Å². The summed E-state index contributed by atoms with van der Waals surface area (Å²) in [5, 5.41) is 0.552. The molecule has 2 aliphatic rings. The number of nitrogens with zero attached hydrogens (tertiary/aromatic N) is 2. The lowest BCUT2D eigenvalue weighted by atomic mass is 9.91. The molecular weight excluding hydrogens is 368 g/mol. The van der Waals surface area contributed by atoms with Crippen LogP contribution in [0.25, 0.3) is 0 Å². The lowest BCUT2D eigenvalue weighted by Gasteiger charge is -2.31. The summed E-state index contributed by atoms with van der Waals surface area (Å²) in [7, 11) is -4.90. The number of benzene rings is 1. The largest absolute Gasteiger partial charge is 0.418 e. The molecule has 1 aromatic carbocycles. The zero-order chi connectivity index (χ0) is 18.9. The Labute approximate surface area is 149 Å². The molecule has 0 radical (unpaired) electrons. The van der Waals surface area contributed by atoms with Crippen LogP contribution in [-0.4, -0.2) is 54.6 Å². The van der Waals surface area contributed by atoms with E-state index in [0.717, 1.165) is 4.90 Å². The molecule has 0 spiro atoms. The van der Waals surface area contributed by atoms with E-state index >= 15 is 0 Å². The van der Waals surface area contributed by atoms with Gasteiger partial charge in [0.05, 0.1) is 13.2 Å². The fraction of sp³-hybridized carbons (Fsp3) is 0.429. The van der Waals surface area contributed by atoms with Crippen LogP contribution in [-0.2, 0) is 24.3 Å². The molecule has 1 saturated heterocycles. The van der Waals surface area contributed by atoms with Crippen LogP contribution in [0.15, 0.2) is 24.3 Å². The van der Waals surface area contributed by atoms with Gasteiger partial charge >= 0.3 is 16.4 Å². The Morgan fingerprint density at radius 3 is 2.69 bits per heavy atom. The lowest BCUT2D eigenvalue weighted by molar-refractivity contribution is -0.138. The van der Waals surface area contributed by atoms with E-state index in [1.54, 1.807) is 24.3 Å². The minimum absolute atomic E-state index is 0.0201. The second kappa shape index (κ2) is 7.17. The minimum atomic E-state index is -4.90. The van der Waals surface area contributed by atoms with E-state index < -0.39 is 34.4 Å². The third-order valence-corrected chi connectivity index (χ3v) is 4.44. The summed E-state index contributed by atoms with van der Waals surface area (Å²) in [6, 6.07) is 4.04. The number of hydrogen-bond donors (Lipinski definition) is 3. The van der Waals surface area contributed by atoms with Gasteiger partial charge in [0, 0.05) is 0 Å². The van der Waals surface area contributed by atoms with E-state index in [1.807, 2.05) is 0 Å². The highest BCUT2D eigenvalue weighted by Crippen LogP contribution is 2.44. The van der Waals surface area contributed by atoms with Crippen molar-refractivity contribution in [2.75, 3.05) is 19.7 Å². The quantitative estimate of drug-likeness (QED) is 0.327. The van der Waals surface area contributed by atoms with Crippen molar-refractivity contribution in [3.8, 4) is 0 Å². The van der Waals surface area contributed by atoms with E-state index in [0.29, 0.717) is 29.2 Å². The van der Waals surface area contributed by atoms with Crippen molar-refractivity contribution in [2.45, 2.75) is 18.5 Å². The Morgan fingerprint density at radius 2 is 2.04 bits per heavy atom. The van der Waals surface area contributed by atoms with Gasteiger partial charge < -0.3 is 10.6 Å². The number of carbonyl (C=O) groups excluding carboxylic acids is 2. The number of fused-ring (bicyclic) bond motifs is 4. The third-order valence-electron chi connectivity index (χ3n) is 4.09. The Hall–Kier alpha value is -2.25. The standard InChI is InChI=1S/C14H18N4O7S/c15-6-3-7-24-16-13(19)12-10-5-2-1-4-9(10)11-8-17(12)14(20)18(11)25-26(21,22)23/h1-2,4-5,11-12H,3,6-8,15H2,(H,16,19)(H,21,22,23). The summed E-state index contributed by atoms with van der Waals surface area (Å²) in [5.41, 5.74) is 8.68. The fourth-order valence-corrected chi connectivity index (χ4v) is 3.44. The molecule has 26 heavy (non-hydrogen) atoms. The van der Waals surface area contributed by atoms with Crippen LogP contribution in [0.1, 0.15) is 29.6 Å². The van der Waals surface area contributed by atoms with E-state index in [-0.39, 0.29) is 13.2 Å². The molecule has 0 aromatic heterocycles. The number of hydrogen-bond acceptors (Lipinski definition) is 7. The fourth-order valence-electron chi connectivity index (χ4n) is 3.07. The van der Waals surface area contributed by atoms with Crippen molar-refractivity contribution in [3.63, 3.8) is 0 Å². The van der Waals surface area contributed by atoms with Crippen LogP contribution in [0.5, 0.6) is 0 Å². The summed E-state index contributed by atoms with van der Waals surface area (Å²) < 4.78 is 35.5. The van der Waals surface area contributed by atoms with Crippen molar-refractivity contribution in [2.24, 2.45) is 5.73 Å². The molecule has 1 aromatic rings. The monoisotopic (exact) mass is 386 g/mol. The Kier molecular flexibility index (Phi) is 5.11. The Morgan fingerprint density at radius 1 is 1.35 bits per heavy atom. The van der Waals surface area contributed by atoms with Gasteiger partial charge in [0.1, 0.15) is 12.1 Å². The highest BCUT2D eigenvalue weighted by molar-refractivity contribution is 7.80. The molecule has 3 rings (SSSR count). The molecule has 142 valence electrons. The molecule has 2 heterocycles. The topological polar surface area (TPSA) is 151 Å². The van der Waals surface area contributed by atoms with Crippen LogP contribution in [0.3, 0.4) is 0 Å². The van der Waals surface area contributed by atoms with Gasteiger partial charge in [0.15, 0.2) is 0 Å². The number of amides is 3. The molecule has 0 aliphatic carbocycles. The van der Waals surface area contributed by atoms with Gasteiger partial charge in [0.25, 0.3) is 5.91 Å². The molecule has 1 fully saturated rings. The van der Waals surface area contributed by atoms with E-state index in [1.165, 1.54) is 0 Å². The smallest absolute Gasteiger partial charge is 0.330 e. The molecule has 12 heteroatoms. The second-order valence-corrected chi connectivity index (χ2v) is 6.77. The SMILES string of the molecule is NCCCONC(=O)C1c2ccccc2C2CN1C(=O)N2OS(=O)(=O)O. The maximum Gasteiger partial charge on any atom is 0.418 e. The maximum absolute atomic E-state index is 12.6. The van der Waals surface area contributed by atoms with Gasteiger partial charge in [-0.3, -0.25) is 14.2 Å². The van der Waals surface area contributed by atoms with Crippen molar-refractivity contribution >= 4 is 22.3 Å². The third kappa shape index (κ3) is 3.50. The normalized spacial score (nSPS) is 21.7. The van der Waals surface area contributed by atoms with Gasteiger partial charge in [-0.2, -0.15) is 13.5 Å².